The topological polar surface area (TPSA) is 73.9 Å². The van der Waals surface area contributed by atoms with Crippen molar-refractivity contribution in [2.45, 2.75) is 58.7 Å². The molecular weight excluding hydrogens is 250 g/mol. The lowest BCUT2D eigenvalue weighted by Gasteiger charge is -2.29. The lowest BCUT2D eigenvalue weighted by molar-refractivity contribution is 0.0400. The number of nitrogens with two attached hydrogens (primary N) is 1. The van der Waals surface area contributed by atoms with Crippen LogP contribution in [0.15, 0.2) is 0 Å². The van der Waals surface area contributed by atoms with Crippen molar-refractivity contribution in [3.63, 3.8) is 0 Å². The molecule has 0 rings (SSSR count). The first-order chi connectivity index (χ1) is 8.47. The zero-order valence-corrected chi connectivity index (χ0v) is 13.1. The van der Waals surface area contributed by atoms with Crippen LogP contribution >= 0.6 is 0 Å². The monoisotopic (exact) mass is 279 g/mol. The van der Waals surface area contributed by atoms with E-state index >= 15 is 0 Å². The van der Waals surface area contributed by atoms with Gasteiger partial charge in [0.25, 0.3) is 0 Å². The fraction of sp³-hybridized carbons (Fsp3) is 1.00. The van der Waals surface area contributed by atoms with E-state index in [4.69, 9.17) is 24.1 Å². The SMILES string of the molecule is CCO[Si](C)(OCC)OC(C)CCC(N)CCO. The Bertz CT molecular complexity index is 201. The van der Waals surface area contributed by atoms with Crippen molar-refractivity contribution >= 4 is 8.80 Å². The lowest BCUT2D eigenvalue weighted by atomic mass is 10.1. The predicted molar refractivity (Wildman–Crippen MR) is 74.3 cm³/mol. The molecular formula is C12H29NO4Si. The summed E-state index contributed by atoms with van der Waals surface area (Å²) in [6.45, 7) is 9.14. The smallest absolute Gasteiger partial charge is 0.396 e. The van der Waals surface area contributed by atoms with E-state index in [1.165, 1.54) is 0 Å². The predicted octanol–water partition coefficient (Wildman–Crippen LogP) is 1.52. The third-order valence-electron chi connectivity index (χ3n) is 2.67. The van der Waals surface area contributed by atoms with Crippen LogP contribution in [-0.4, -0.2) is 45.9 Å². The third-order valence-corrected chi connectivity index (χ3v) is 5.13. The van der Waals surface area contributed by atoms with E-state index in [0.717, 1.165) is 12.8 Å². The van der Waals surface area contributed by atoms with Crippen LogP contribution in [0.3, 0.4) is 0 Å². The Balaban J connectivity index is 4.05. The zero-order chi connectivity index (χ0) is 14.0. The molecule has 0 bridgehead atoms. The van der Waals surface area contributed by atoms with Gasteiger partial charge in [-0.15, -0.1) is 0 Å². The average molecular weight is 279 g/mol. The summed E-state index contributed by atoms with van der Waals surface area (Å²) in [6.07, 6.45) is 2.39. The first-order valence-electron chi connectivity index (χ1n) is 6.79. The Labute approximate surface area is 112 Å². The van der Waals surface area contributed by atoms with Crippen molar-refractivity contribution in [2.24, 2.45) is 5.73 Å². The molecule has 0 saturated carbocycles. The van der Waals surface area contributed by atoms with Crippen LogP contribution in [-0.2, 0) is 13.3 Å². The normalized spacial score (nSPS) is 15.7. The molecule has 18 heavy (non-hydrogen) atoms. The lowest BCUT2D eigenvalue weighted by Crippen LogP contribution is -2.45. The van der Waals surface area contributed by atoms with Crippen molar-refractivity contribution in [1.82, 2.24) is 0 Å². The van der Waals surface area contributed by atoms with E-state index in [9.17, 15) is 0 Å². The van der Waals surface area contributed by atoms with Crippen LogP contribution < -0.4 is 5.73 Å². The minimum absolute atomic E-state index is 0.0353. The molecule has 2 unspecified atom stereocenters. The number of hydrogen-bond donors (Lipinski definition) is 2. The molecule has 6 heteroatoms. The summed E-state index contributed by atoms with van der Waals surface area (Å²) in [4.78, 5) is 0. The molecule has 3 N–H and O–H groups in total. The molecule has 5 nitrogen and oxygen atoms in total. The van der Waals surface area contributed by atoms with Crippen molar-refractivity contribution in [3.05, 3.63) is 0 Å². The van der Waals surface area contributed by atoms with E-state index in [0.29, 0.717) is 19.6 Å². The molecule has 0 aliphatic carbocycles. The molecule has 0 aliphatic heterocycles. The van der Waals surface area contributed by atoms with Gasteiger partial charge in [-0.05, 0) is 40.0 Å². The summed E-state index contributed by atoms with van der Waals surface area (Å²) in [6, 6.07) is 0.0353. The van der Waals surface area contributed by atoms with Gasteiger partial charge in [-0.3, -0.25) is 0 Å². The summed E-state index contributed by atoms with van der Waals surface area (Å²) in [7, 11) is -2.49. The van der Waals surface area contributed by atoms with Gasteiger partial charge in [0.1, 0.15) is 0 Å². The maximum absolute atomic E-state index is 8.78. The van der Waals surface area contributed by atoms with E-state index in [1.807, 2.05) is 27.3 Å². The molecule has 0 aliphatic rings. The molecule has 0 aromatic carbocycles. The Kier molecular flexibility index (Phi) is 9.89. The molecule has 0 spiro atoms. The van der Waals surface area contributed by atoms with Crippen LogP contribution in [0.4, 0.5) is 0 Å². The second-order valence-corrected chi connectivity index (χ2v) is 7.04. The molecule has 2 atom stereocenters. The Morgan fingerprint density at radius 1 is 1.11 bits per heavy atom. The number of aliphatic hydroxyl groups is 1. The van der Waals surface area contributed by atoms with Gasteiger partial charge < -0.3 is 24.1 Å². The van der Waals surface area contributed by atoms with Gasteiger partial charge in [-0.25, -0.2) is 0 Å². The minimum Gasteiger partial charge on any atom is -0.396 e. The summed E-state index contributed by atoms with van der Waals surface area (Å²) < 4.78 is 17.2. The zero-order valence-electron chi connectivity index (χ0n) is 12.1. The van der Waals surface area contributed by atoms with Crippen molar-refractivity contribution in [3.8, 4) is 0 Å². The second kappa shape index (κ2) is 9.88. The first-order valence-corrected chi connectivity index (χ1v) is 9.02. The number of aliphatic hydroxyl groups excluding tert-OH is 1. The highest BCUT2D eigenvalue weighted by atomic mass is 28.4. The Hall–Kier alpha value is 0.0169. The van der Waals surface area contributed by atoms with E-state index in [1.54, 1.807) is 0 Å². The van der Waals surface area contributed by atoms with Gasteiger partial charge in [0.05, 0.1) is 0 Å². The molecule has 0 heterocycles. The third kappa shape index (κ3) is 8.18. The first kappa shape index (κ1) is 18.0. The van der Waals surface area contributed by atoms with E-state index < -0.39 is 8.80 Å². The average Bonchev–Trinajstić information content (AvgIpc) is 2.27. The van der Waals surface area contributed by atoms with Gasteiger partial charge >= 0.3 is 8.80 Å². The molecule has 0 aromatic rings. The van der Waals surface area contributed by atoms with Gasteiger partial charge in [0.15, 0.2) is 0 Å². The van der Waals surface area contributed by atoms with Gasteiger partial charge in [-0.2, -0.15) is 0 Å². The quantitative estimate of drug-likeness (QED) is 0.561. The summed E-state index contributed by atoms with van der Waals surface area (Å²) >= 11 is 0. The van der Waals surface area contributed by atoms with Crippen LogP contribution in [0.1, 0.15) is 40.0 Å². The van der Waals surface area contributed by atoms with Crippen LogP contribution in [0.5, 0.6) is 0 Å². The fourth-order valence-corrected chi connectivity index (χ4v) is 3.93. The summed E-state index contributed by atoms with van der Waals surface area (Å²) in [5, 5.41) is 8.78. The van der Waals surface area contributed by atoms with Gasteiger partial charge in [0, 0.05) is 38.5 Å². The second-order valence-electron chi connectivity index (χ2n) is 4.51. The van der Waals surface area contributed by atoms with Crippen LogP contribution in [0.25, 0.3) is 0 Å². The highest BCUT2D eigenvalue weighted by Crippen LogP contribution is 2.15. The molecule has 0 saturated heterocycles. The molecule has 0 radical (unpaired) electrons. The van der Waals surface area contributed by atoms with Crippen LogP contribution in [0.2, 0.25) is 6.55 Å². The molecule has 0 fully saturated rings. The molecule has 110 valence electrons. The number of rotatable bonds is 11. The number of hydrogen-bond acceptors (Lipinski definition) is 5. The van der Waals surface area contributed by atoms with Gasteiger partial charge in [0.2, 0.25) is 0 Å². The molecule has 0 aromatic heterocycles. The van der Waals surface area contributed by atoms with Crippen molar-refractivity contribution < 1.29 is 18.4 Å². The summed E-state index contributed by atoms with van der Waals surface area (Å²) in [5.41, 5.74) is 5.85. The molecule has 0 amide bonds. The van der Waals surface area contributed by atoms with Crippen molar-refractivity contribution in [2.75, 3.05) is 19.8 Å². The van der Waals surface area contributed by atoms with Gasteiger partial charge in [-0.1, -0.05) is 0 Å². The standard InChI is InChI=1S/C12H29NO4Si/c1-5-15-18(4,16-6-2)17-11(3)7-8-12(13)9-10-14/h11-12,14H,5-10,13H2,1-4H3. The Morgan fingerprint density at radius 2 is 1.67 bits per heavy atom. The van der Waals surface area contributed by atoms with Crippen molar-refractivity contribution in [1.29, 1.82) is 0 Å². The maximum atomic E-state index is 8.78. The highest BCUT2D eigenvalue weighted by molar-refractivity contribution is 6.59. The maximum Gasteiger partial charge on any atom is 0.497 e. The fourth-order valence-electron chi connectivity index (χ4n) is 1.82. The van der Waals surface area contributed by atoms with E-state index in [-0.39, 0.29) is 18.8 Å². The van der Waals surface area contributed by atoms with E-state index in [2.05, 4.69) is 0 Å². The largest absolute Gasteiger partial charge is 0.497 e. The highest BCUT2D eigenvalue weighted by Gasteiger charge is 2.35. The Morgan fingerprint density at radius 3 is 2.11 bits per heavy atom. The van der Waals surface area contributed by atoms with Crippen LogP contribution in [0, 0.1) is 0 Å². The minimum atomic E-state index is -2.49. The summed E-state index contributed by atoms with van der Waals surface area (Å²) in [5.74, 6) is 0.